The van der Waals surface area contributed by atoms with E-state index in [2.05, 4.69) is 16.3 Å². The van der Waals surface area contributed by atoms with Crippen molar-refractivity contribution in [2.24, 2.45) is 5.41 Å². The van der Waals surface area contributed by atoms with Crippen LogP contribution in [0.3, 0.4) is 0 Å². The summed E-state index contributed by atoms with van der Waals surface area (Å²) in [5.41, 5.74) is 2.54. The van der Waals surface area contributed by atoms with Crippen LogP contribution in [0, 0.1) is 22.6 Å². The molecule has 1 aromatic carbocycles. The van der Waals surface area contributed by atoms with Crippen molar-refractivity contribution in [1.29, 1.82) is 5.26 Å². The van der Waals surface area contributed by atoms with Gasteiger partial charge in [-0.1, -0.05) is 0 Å². The van der Waals surface area contributed by atoms with Crippen molar-refractivity contribution in [3.8, 4) is 22.9 Å². The minimum absolute atomic E-state index is 0.0547. The Morgan fingerprint density at radius 1 is 1.28 bits per heavy atom. The zero-order valence-corrected chi connectivity index (χ0v) is 21.3. The highest BCUT2D eigenvalue weighted by atomic mass is 19.1. The first-order valence-electron chi connectivity index (χ1n) is 12.4. The van der Waals surface area contributed by atoms with Crippen LogP contribution in [0.1, 0.15) is 44.0 Å². The van der Waals surface area contributed by atoms with Crippen LogP contribution in [0.15, 0.2) is 18.2 Å². The fourth-order valence-corrected chi connectivity index (χ4v) is 5.54. The van der Waals surface area contributed by atoms with E-state index in [1.165, 1.54) is 6.07 Å². The fraction of sp³-hybridized carbons (Fsp3) is 0.519. The maximum Gasteiger partial charge on any atom is 0.410 e. The Kier molecular flexibility index (Phi) is 6.03. The van der Waals surface area contributed by atoms with Gasteiger partial charge in [0.1, 0.15) is 34.6 Å². The molecule has 1 spiro atoms. The number of fused-ring (bicyclic) bond motifs is 1. The third kappa shape index (κ3) is 4.35. The van der Waals surface area contributed by atoms with Gasteiger partial charge in [-0.2, -0.15) is 5.26 Å². The molecule has 1 aromatic heterocycles. The van der Waals surface area contributed by atoms with E-state index in [-0.39, 0.29) is 11.5 Å². The summed E-state index contributed by atoms with van der Waals surface area (Å²) in [6.07, 6.45) is 1.26. The Hall–Kier alpha value is -3.38. The number of nitrogens with one attached hydrogen (secondary N) is 1. The number of methoxy groups -OCH3 is 1. The Bertz CT molecular complexity index is 1240. The van der Waals surface area contributed by atoms with E-state index in [0.29, 0.717) is 60.9 Å². The number of likely N-dealkylation sites (tertiary alicyclic amines) is 1. The molecule has 0 saturated carbocycles. The maximum atomic E-state index is 15.1. The van der Waals surface area contributed by atoms with E-state index in [1.54, 1.807) is 24.1 Å². The first kappa shape index (κ1) is 24.3. The lowest BCUT2D eigenvalue weighted by Gasteiger charge is -2.47. The van der Waals surface area contributed by atoms with Crippen LogP contribution in [-0.4, -0.2) is 61.4 Å². The molecule has 36 heavy (non-hydrogen) atoms. The molecule has 0 unspecified atom stereocenters. The van der Waals surface area contributed by atoms with Crippen molar-refractivity contribution < 1.29 is 18.7 Å². The molecule has 4 heterocycles. The number of hydrogen-bond donors (Lipinski definition) is 1. The molecule has 3 aliphatic heterocycles. The lowest BCUT2D eigenvalue weighted by atomic mass is 9.79. The third-order valence-corrected chi connectivity index (χ3v) is 7.21. The minimum Gasteiger partial charge on any atom is -0.497 e. The number of hydrogen-bond acceptors (Lipinski definition) is 7. The number of anilines is 1. The van der Waals surface area contributed by atoms with Crippen LogP contribution in [-0.2, 0) is 17.7 Å². The van der Waals surface area contributed by atoms with Crippen molar-refractivity contribution >= 4 is 11.9 Å². The molecule has 8 nitrogen and oxygen atoms in total. The molecule has 3 aliphatic rings. The Labute approximate surface area is 211 Å². The molecule has 190 valence electrons. The SMILES string of the molecule is COc1ccc(F)c(-c2c(C#N)c(N3CCC4(CN(C(=O)OC(C)(C)C)C4)C3)nc3c2CCNC3)c1. The average molecular weight is 494 g/mol. The summed E-state index contributed by atoms with van der Waals surface area (Å²) in [7, 11) is 1.54. The highest BCUT2D eigenvalue weighted by Crippen LogP contribution is 2.44. The van der Waals surface area contributed by atoms with E-state index < -0.39 is 11.4 Å². The number of aromatic nitrogens is 1. The molecule has 1 N–H and O–H groups in total. The van der Waals surface area contributed by atoms with Crippen LogP contribution in [0.2, 0.25) is 0 Å². The van der Waals surface area contributed by atoms with Gasteiger partial charge in [0.25, 0.3) is 0 Å². The maximum absolute atomic E-state index is 15.1. The number of carbonyl (C=O) groups excluding carboxylic acids is 1. The molecule has 2 aromatic rings. The molecule has 2 saturated heterocycles. The predicted octanol–water partition coefficient (Wildman–Crippen LogP) is 3.86. The van der Waals surface area contributed by atoms with Crippen molar-refractivity contribution in [3.05, 3.63) is 40.8 Å². The Balaban J connectivity index is 1.48. The molecule has 5 rings (SSSR count). The second kappa shape index (κ2) is 8.93. The van der Waals surface area contributed by atoms with Crippen molar-refractivity contribution in [1.82, 2.24) is 15.2 Å². The predicted molar refractivity (Wildman–Crippen MR) is 133 cm³/mol. The summed E-state index contributed by atoms with van der Waals surface area (Å²) in [6, 6.07) is 6.98. The fourth-order valence-electron chi connectivity index (χ4n) is 5.54. The van der Waals surface area contributed by atoms with Crippen LogP contribution < -0.4 is 15.0 Å². The second-order valence-corrected chi connectivity index (χ2v) is 11.0. The molecule has 2 fully saturated rings. The Morgan fingerprint density at radius 2 is 2.06 bits per heavy atom. The van der Waals surface area contributed by atoms with Crippen LogP contribution in [0.25, 0.3) is 11.1 Å². The number of rotatable bonds is 3. The zero-order chi connectivity index (χ0) is 25.7. The lowest BCUT2D eigenvalue weighted by molar-refractivity contribution is -0.0266. The summed E-state index contributed by atoms with van der Waals surface area (Å²) in [5.74, 6) is 0.730. The normalized spacial score (nSPS) is 18.4. The third-order valence-electron chi connectivity index (χ3n) is 7.21. The quantitative estimate of drug-likeness (QED) is 0.694. The van der Waals surface area contributed by atoms with Crippen LogP contribution >= 0.6 is 0 Å². The number of nitrogens with zero attached hydrogens (tertiary/aromatic N) is 4. The number of amides is 1. The summed E-state index contributed by atoms with van der Waals surface area (Å²) in [5, 5.41) is 13.7. The van der Waals surface area contributed by atoms with E-state index in [9.17, 15) is 10.1 Å². The van der Waals surface area contributed by atoms with Gasteiger partial charge in [-0.15, -0.1) is 0 Å². The lowest BCUT2D eigenvalue weighted by Crippen LogP contribution is -2.60. The van der Waals surface area contributed by atoms with E-state index in [1.807, 2.05) is 20.8 Å². The van der Waals surface area contributed by atoms with Crippen molar-refractivity contribution in [2.75, 3.05) is 44.7 Å². The number of carbonyl (C=O) groups is 1. The number of nitriles is 1. The van der Waals surface area contributed by atoms with E-state index in [0.717, 1.165) is 30.8 Å². The van der Waals surface area contributed by atoms with Gasteiger partial charge in [0.05, 0.1) is 12.8 Å². The first-order chi connectivity index (χ1) is 17.1. The van der Waals surface area contributed by atoms with E-state index >= 15 is 4.39 Å². The Morgan fingerprint density at radius 3 is 2.75 bits per heavy atom. The standard InChI is InChI=1S/C27H32FN5O3/c1-26(2,3)36-25(34)33-15-27(16-33)8-10-32(14-27)24-20(12-29)23(18-7-9-30-13-22(18)31-24)19-11-17(35-4)5-6-21(19)28/h5-6,11,30H,7-10,13-16H2,1-4H3. The molecule has 9 heteroatoms. The van der Waals surface area contributed by atoms with Gasteiger partial charge in [-0.3, -0.25) is 0 Å². The molecule has 0 aliphatic carbocycles. The molecular formula is C27H32FN5O3. The largest absolute Gasteiger partial charge is 0.497 e. The second-order valence-electron chi connectivity index (χ2n) is 11.0. The summed E-state index contributed by atoms with van der Waals surface area (Å²) in [4.78, 5) is 21.3. The first-order valence-corrected chi connectivity index (χ1v) is 12.4. The smallest absolute Gasteiger partial charge is 0.410 e. The average Bonchev–Trinajstić information content (AvgIpc) is 3.27. The highest BCUT2D eigenvalue weighted by molar-refractivity contribution is 5.81. The molecule has 0 atom stereocenters. The van der Waals surface area contributed by atoms with E-state index in [4.69, 9.17) is 14.5 Å². The van der Waals surface area contributed by atoms with Gasteiger partial charge >= 0.3 is 6.09 Å². The van der Waals surface area contributed by atoms with Gasteiger partial charge in [0.15, 0.2) is 0 Å². The van der Waals surface area contributed by atoms with Gasteiger partial charge in [0.2, 0.25) is 0 Å². The summed E-state index contributed by atoms with van der Waals surface area (Å²) < 4.78 is 26.0. The van der Waals surface area contributed by atoms with Crippen molar-refractivity contribution in [2.45, 2.75) is 45.8 Å². The number of benzene rings is 1. The number of pyridine rings is 1. The molecule has 1 amide bonds. The van der Waals surface area contributed by atoms with Gasteiger partial charge < -0.3 is 24.6 Å². The number of ether oxygens (including phenoxy) is 2. The van der Waals surface area contributed by atoms with Crippen LogP contribution in [0.5, 0.6) is 5.75 Å². The van der Waals surface area contributed by atoms with Gasteiger partial charge in [-0.05, 0) is 63.9 Å². The summed E-state index contributed by atoms with van der Waals surface area (Å²) >= 11 is 0. The summed E-state index contributed by atoms with van der Waals surface area (Å²) in [6.45, 7) is 9.52. The highest BCUT2D eigenvalue weighted by Gasteiger charge is 2.51. The van der Waals surface area contributed by atoms with Gasteiger partial charge in [0, 0.05) is 49.3 Å². The van der Waals surface area contributed by atoms with Gasteiger partial charge in [-0.25, -0.2) is 14.2 Å². The topological polar surface area (TPSA) is 90.7 Å². The number of halogens is 1. The minimum atomic E-state index is -0.532. The monoisotopic (exact) mass is 493 g/mol. The zero-order valence-electron chi connectivity index (χ0n) is 21.3. The molecule has 0 bridgehead atoms. The van der Waals surface area contributed by atoms with Crippen molar-refractivity contribution in [3.63, 3.8) is 0 Å². The van der Waals surface area contributed by atoms with Crippen LogP contribution in [0.4, 0.5) is 15.0 Å². The molecule has 0 radical (unpaired) electrons. The molecular weight excluding hydrogens is 461 g/mol.